The topological polar surface area (TPSA) is 332 Å². The quantitative estimate of drug-likeness (QED) is 0.0438. The second-order valence-corrected chi connectivity index (χ2v) is 38.7. The first-order valence-electron chi connectivity index (χ1n) is 36.8. The van der Waals surface area contributed by atoms with Gasteiger partial charge in [0.2, 0.25) is 0 Å². The van der Waals surface area contributed by atoms with Gasteiger partial charge in [-0.05, 0) is 145 Å². The summed E-state index contributed by atoms with van der Waals surface area (Å²) < 4.78 is 93.7. The van der Waals surface area contributed by atoms with Gasteiger partial charge in [-0.25, -0.2) is 48.2 Å². The molecule has 0 atom stereocenters. The van der Waals surface area contributed by atoms with Crippen LogP contribution in [0.25, 0.3) is 22.3 Å². The van der Waals surface area contributed by atoms with Crippen LogP contribution in [0.3, 0.4) is 0 Å². The Labute approximate surface area is 668 Å². The number of carbonyl (C=O) groups excluding carboxylic acids is 4. The standard InChI is InChI=1S/C21H25N5O4S.C21H21N3O3S2.C21H27N3O3S.C18H19ClN2O3S/c1-2-26-19-8-7-17(13-18(19)24-21(26)28)23-20(27)22-16-5-3-15(4-6-16)14-25-9-11-31(29,30)12-10-25;25-20(23-21-22-19(15-28-21)17-4-2-1-3-5-17)18-8-6-16(7-9-18)14-24-10-12-29(26,27)13-11-24;1-16-4-9-19(14-20(16)23(2)3)22-21(25)18-7-5-17(6-8-18)15-24-10-12-28(26,27)13-11-24;19-16-5-7-17(8-6-16)20-18(22)15-3-1-14(2-4-15)13-21-9-11-25(23,24)12-10-21/h3-8,13H,2,9-12,14H2,1H3,(H,24,28)(H2,22,23,27);1-9,15H,10-14H2,(H,22,23,25);4-9,14H,10-13,15H2,1-3H3,(H,22,25);1-8H,9-13H2,(H,20,22). The maximum absolute atomic E-state index is 12.6. The summed E-state index contributed by atoms with van der Waals surface area (Å²) in [6.45, 7) is 11.7. The zero-order chi connectivity index (χ0) is 80.5. The van der Waals surface area contributed by atoms with Crippen LogP contribution in [0.4, 0.5) is 38.4 Å². The number of halogens is 1. The zero-order valence-electron chi connectivity index (χ0n) is 63.2. The number of thiazole rings is 1. The molecule has 4 fully saturated rings. The maximum atomic E-state index is 12.6. The number of rotatable bonds is 19. The molecule has 10 aromatic rings. The molecule has 0 aliphatic carbocycles. The number of H-pyrrole nitrogens is 1. The third kappa shape index (κ3) is 25.3. The summed E-state index contributed by atoms with van der Waals surface area (Å²) in [7, 11) is -7.53. The third-order valence-electron chi connectivity index (χ3n) is 19.4. The monoisotopic (exact) mass is 1650 g/mol. The van der Waals surface area contributed by atoms with Crippen molar-refractivity contribution in [3.05, 3.63) is 253 Å². The molecule has 0 spiro atoms. The van der Waals surface area contributed by atoms with Crippen molar-refractivity contribution in [1.82, 2.24) is 34.1 Å². The van der Waals surface area contributed by atoms with Gasteiger partial charge in [0, 0.05) is 160 Å². The maximum Gasteiger partial charge on any atom is 0.326 e. The summed E-state index contributed by atoms with van der Waals surface area (Å²) in [6, 6.07) is 57.2. The van der Waals surface area contributed by atoms with Gasteiger partial charge in [0.25, 0.3) is 17.7 Å². The number of nitrogens with zero attached hydrogens (tertiary/aromatic N) is 7. The number of aromatic nitrogens is 3. The Balaban J connectivity index is 0.000000149. The first kappa shape index (κ1) is 84.0. The Hall–Kier alpha value is -9.93. The van der Waals surface area contributed by atoms with Gasteiger partial charge in [-0.3, -0.25) is 43.9 Å². The molecule has 4 aliphatic rings. The molecule has 0 bridgehead atoms. The summed E-state index contributed by atoms with van der Waals surface area (Å²) in [4.78, 5) is 79.3. The lowest BCUT2D eigenvalue weighted by molar-refractivity contribution is 0.101. The molecular formula is C81H92ClN13O13S5. The number of urea groups is 1. The highest BCUT2D eigenvalue weighted by Gasteiger charge is 2.26. The molecule has 113 heavy (non-hydrogen) atoms. The number of carbonyl (C=O) groups is 4. The molecule has 0 unspecified atom stereocenters. The van der Waals surface area contributed by atoms with E-state index in [0.29, 0.717) is 135 Å². The summed E-state index contributed by atoms with van der Waals surface area (Å²) in [5.41, 5.74) is 14.0. The van der Waals surface area contributed by atoms with Crippen molar-refractivity contribution in [3.8, 4) is 11.3 Å². The highest BCUT2D eigenvalue weighted by molar-refractivity contribution is 7.92. The van der Waals surface area contributed by atoms with Gasteiger partial charge < -0.3 is 31.2 Å². The molecule has 2 aromatic heterocycles. The van der Waals surface area contributed by atoms with Crippen molar-refractivity contribution in [2.75, 3.05) is 144 Å². The molecule has 14 rings (SSSR count). The van der Waals surface area contributed by atoms with E-state index in [0.717, 1.165) is 56.0 Å². The predicted molar refractivity (Wildman–Crippen MR) is 451 cm³/mol. The first-order chi connectivity index (χ1) is 54.0. The van der Waals surface area contributed by atoms with E-state index in [1.807, 2.05) is 160 Å². The number of anilines is 6. The first-order valence-corrected chi connectivity index (χ1v) is 45.4. The van der Waals surface area contributed by atoms with Crippen LogP contribution in [0.15, 0.2) is 198 Å². The molecule has 0 radical (unpaired) electrons. The minimum Gasteiger partial charge on any atom is -0.377 e. The Morgan fingerprint density at radius 3 is 1.25 bits per heavy atom. The molecule has 4 aliphatic heterocycles. The number of imidazole rings is 1. The van der Waals surface area contributed by atoms with Crippen LogP contribution < -0.4 is 37.2 Å². The number of aromatic amines is 1. The minimum atomic E-state index is -2.88. The number of sulfone groups is 4. The molecular weight excluding hydrogens is 1560 g/mol. The second-order valence-electron chi connectivity index (χ2n) is 28.2. The van der Waals surface area contributed by atoms with E-state index in [2.05, 4.69) is 56.2 Å². The number of nitrogens with one attached hydrogen (secondary N) is 6. The van der Waals surface area contributed by atoms with Crippen LogP contribution in [-0.4, -0.2) is 204 Å². The number of hydrogen-bond donors (Lipinski definition) is 6. The van der Waals surface area contributed by atoms with Gasteiger partial charge in [-0.1, -0.05) is 96.5 Å². The molecule has 8 aromatic carbocycles. The van der Waals surface area contributed by atoms with Gasteiger partial charge in [0.15, 0.2) is 44.5 Å². The molecule has 32 heteroatoms. The van der Waals surface area contributed by atoms with Crippen molar-refractivity contribution < 1.29 is 52.8 Å². The fourth-order valence-corrected chi connectivity index (χ4v) is 18.8. The highest BCUT2D eigenvalue weighted by Crippen LogP contribution is 2.28. The van der Waals surface area contributed by atoms with E-state index < -0.39 is 39.3 Å². The fraction of sp³-hybridized carbons (Fsp3) is 0.309. The summed E-state index contributed by atoms with van der Waals surface area (Å²) in [5.74, 6) is 1.18. The largest absolute Gasteiger partial charge is 0.377 e. The number of aryl methyl sites for hydroxylation is 2. The Morgan fingerprint density at radius 2 is 0.823 bits per heavy atom. The normalized spacial score (nSPS) is 16.6. The van der Waals surface area contributed by atoms with Gasteiger partial charge in [0.1, 0.15) is 0 Å². The van der Waals surface area contributed by atoms with Crippen molar-refractivity contribution in [2.45, 2.75) is 46.6 Å². The van der Waals surface area contributed by atoms with Gasteiger partial charge in [0.05, 0.1) is 62.8 Å². The molecule has 0 saturated carbocycles. The summed E-state index contributed by atoms with van der Waals surface area (Å²) >= 11 is 7.22. The zero-order valence-corrected chi connectivity index (χ0v) is 68.0. The predicted octanol–water partition coefficient (Wildman–Crippen LogP) is 10.9. The summed E-state index contributed by atoms with van der Waals surface area (Å²) in [6.07, 6.45) is 0. The van der Waals surface area contributed by atoms with Crippen molar-refractivity contribution in [3.63, 3.8) is 0 Å². The Bertz CT molecular complexity index is 5470. The Morgan fingerprint density at radius 1 is 0.460 bits per heavy atom. The van der Waals surface area contributed by atoms with Crippen molar-refractivity contribution >= 4 is 131 Å². The van der Waals surface area contributed by atoms with Crippen LogP contribution in [0.1, 0.15) is 65.8 Å². The molecule has 6 N–H and O–H groups in total. The number of benzene rings is 8. The lowest BCUT2D eigenvalue weighted by Gasteiger charge is -2.26. The Kier molecular flexibility index (Phi) is 28.4. The highest BCUT2D eigenvalue weighted by atomic mass is 35.5. The smallest absolute Gasteiger partial charge is 0.326 e. The molecule has 6 heterocycles. The van der Waals surface area contributed by atoms with E-state index in [1.54, 1.807) is 71.3 Å². The fourth-order valence-electron chi connectivity index (χ4n) is 12.8. The average molecular weight is 1650 g/mol. The minimum absolute atomic E-state index is 0.149. The van der Waals surface area contributed by atoms with Crippen LogP contribution in [-0.2, 0) is 72.1 Å². The van der Waals surface area contributed by atoms with E-state index in [-0.39, 0.29) is 75.5 Å². The second kappa shape index (κ2) is 38.3. The number of amides is 5. The average Bonchev–Trinajstić information content (AvgIpc) is 1.67. The van der Waals surface area contributed by atoms with Crippen LogP contribution in [0.5, 0.6) is 0 Å². The van der Waals surface area contributed by atoms with Crippen LogP contribution in [0.2, 0.25) is 5.02 Å². The van der Waals surface area contributed by atoms with E-state index in [9.17, 15) is 57.6 Å². The van der Waals surface area contributed by atoms with E-state index in [1.165, 1.54) is 11.3 Å². The summed E-state index contributed by atoms with van der Waals surface area (Å²) in [5, 5.41) is 17.3. The van der Waals surface area contributed by atoms with E-state index >= 15 is 0 Å². The van der Waals surface area contributed by atoms with Crippen LogP contribution in [0, 0.1) is 6.92 Å². The van der Waals surface area contributed by atoms with Crippen LogP contribution >= 0.6 is 22.9 Å². The van der Waals surface area contributed by atoms with Crippen molar-refractivity contribution in [1.29, 1.82) is 0 Å². The van der Waals surface area contributed by atoms with Gasteiger partial charge >= 0.3 is 11.7 Å². The molecule has 4 saturated heterocycles. The SMILES string of the molecule is CCn1c(=O)[nH]c2cc(NC(=O)Nc3ccc(CN4CCS(=O)(=O)CC4)cc3)ccc21.Cc1ccc(NC(=O)c2ccc(CN3CCS(=O)(=O)CC3)cc2)cc1N(C)C.O=C(Nc1ccc(Cl)cc1)c1ccc(CN2CCS(=O)(=O)CC2)cc1.O=C(Nc1nc(-c2ccccc2)cs1)c1ccc(CN2CCS(=O)(=O)CC2)cc1. The van der Waals surface area contributed by atoms with Gasteiger partial charge in [-0.2, -0.15) is 0 Å². The van der Waals surface area contributed by atoms with Crippen molar-refractivity contribution in [2.24, 2.45) is 0 Å². The lowest BCUT2D eigenvalue weighted by atomic mass is 10.1. The number of hydrogen-bond acceptors (Lipinski definition) is 20. The molecule has 26 nitrogen and oxygen atoms in total. The van der Waals surface area contributed by atoms with E-state index in [4.69, 9.17) is 11.6 Å². The third-order valence-corrected chi connectivity index (χ3v) is 26.9. The lowest BCUT2D eigenvalue weighted by Crippen LogP contribution is -2.39. The molecule has 5 amide bonds. The molecule has 596 valence electrons. The number of fused-ring (bicyclic) bond motifs is 1. The van der Waals surface area contributed by atoms with Gasteiger partial charge in [-0.15, -0.1) is 11.3 Å².